The number of benzene rings is 2. The smallest absolute Gasteiger partial charge is 0.319 e. The van der Waals surface area contributed by atoms with Gasteiger partial charge in [0.1, 0.15) is 0 Å². The minimum Gasteiger partial charge on any atom is -0.334 e. The molecule has 0 radical (unpaired) electrons. The van der Waals surface area contributed by atoms with Crippen LogP contribution in [0.3, 0.4) is 0 Å². The first-order chi connectivity index (χ1) is 10.1. The van der Waals surface area contributed by atoms with E-state index in [-0.39, 0.29) is 11.8 Å². The number of carbonyl (C=O) groups excluding carboxylic acids is 2. The summed E-state index contributed by atoms with van der Waals surface area (Å²) in [6.07, 6.45) is 0. The van der Waals surface area contributed by atoms with Crippen molar-refractivity contribution in [2.24, 2.45) is 0 Å². The summed E-state index contributed by atoms with van der Waals surface area (Å²) in [5.41, 5.74) is 3.23. The summed E-state index contributed by atoms with van der Waals surface area (Å²) in [4.78, 5) is 23.2. The van der Waals surface area contributed by atoms with E-state index >= 15 is 0 Å². The average Bonchev–Trinajstić information content (AvgIpc) is 2.46. The van der Waals surface area contributed by atoms with Crippen LogP contribution in [0.15, 0.2) is 48.5 Å². The first-order valence-corrected chi connectivity index (χ1v) is 6.76. The number of nitrogens with one attached hydrogen (secondary N) is 2. The number of ketones is 1. The Bertz CT molecular complexity index is 651. The minimum atomic E-state index is -0.270. The second-order valence-electron chi connectivity index (χ2n) is 4.88. The van der Waals surface area contributed by atoms with Gasteiger partial charge in [0.25, 0.3) is 0 Å². The monoisotopic (exact) mass is 282 g/mol. The van der Waals surface area contributed by atoms with E-state index in [0.717, 1.165) is 11.1 Å². The van der Waals surface area contributed by atoms with Crippen molar-refractivity contribution in [3.63, 3.8) is 0 Å². The van der Waals surface area contributed by atoms with Gasteiger partial charge in [-0.3, -0.25) is 4.79 Å². The van der Waals surface area contributed by atoms with Crippen LogP contribution in [-0.4, -0.2) is 11.8 Å². The number of carbonyl (C=O) groups is 2. The third-order valence-electron chi connectivity index (χ3n) is 3.16. The highest BCUT2D eigenvalue weighted by Gasteiger charge is 2.06. The van der Waals surface area contributed by atoms with Gasteiger partial charge in [0.05, 0.1) is 0 Å². The molecular formula is C17H18N2O2. The van der Waals surface area contributed by atoms with E-state index in [4.69, 9.17) is 0 Å². The molecule has 2 amide bonds. The van der Waals surface area contributed by atoms with E-state index in [1.807, 2.05) is 37.3 Å². The van der Waals surface area contributed by atoms with Crippen molar-refractivity contribution >= 4 is 17.5 Å². The zero-order valence-electron chi connectivity index (χ0n) is 12.1. The number of hydrogen-bond donors (Lipinski definition) is 2. The molecule has 4 heteroatoms. The van der Waals surface area contributed by atoms with Crippen LogP contribution in [0.25, 0.3) is 0 Å². The molecule has 0 bridgehead atoms. The molecule has 2 N–H and O–H groups in total. The molecule has 0 aromatic heterocycles. The molecule has 0 spiro atoms. The van der Waals surface area contributed by atoms with E-state index in [0.29, 0.717) is 17.8 Å². The lowest BCUT2D eigenvalue weighted by Crippen LogP contribution is -2.28. The van der Waals surface area contributed by atoms with Gasteiger partial charge < -0.3 is 10.6 Å². The predicted molar refractivity (Wildman–Crippen MR) is 83.5 cm³/mol. The first-order valence-electron chi connectivity index (χ1n) is 6.76. The summed E-state index contributed by atoms with van der Waals surface area (Å²) < 4.78 is 0. The number of Topliss-reactive ketones (excluding diaryl/α,β-unsaturated/α-hetero) is 1. The lowest BCUT2D eigenvalue weighted by atomic mass is 10.1. The van der Waals surface area contributed by atoms with Crippen LogP contribution in [-0.2, 0) is 6.54 Å². The van der Waals surface area contributed by atoms with Crippen molar-refractivity contribution in [1.29, 1.82) is 0 Å². The lowest BCUT2D eigenvalue weighted by molar-refractivity contribution is 0.101. The topological polar surface area (TPSA) is 58.2 Å². The molecule has 2 aromatic carbocycles. The molecule has 21 heavy (non-hydrogen) atoms. The van der Waals surface area contributed by atoms with E-state index in [1.54, 1.807) is 18.2 Å². The largest absolute Gasteiger partial charge is 0.334 e. The summed E-state index contributed by atoms with van der Waals surface area (Å²) in [5, 5.41) is 5.55. The van der Waals surface area contributed by atoms with Gasteiger partial charge in [0, 0.05) is 17.8 Å². The van der Waals surface area contributed by atoms with Gasteiger partial charge in [-0.1, -0.05) is 30.3 Å². The fourth-order valence-electron chi connectivity index (χ4n) is 2.09. The van der Waals surface area contributed by atoms with E-state index < -0.39 is 0 Å². The van der Waals surface area contributed by atoms with Crippen molar-refractivity contribution in [3.8, 4) is 0 Å². The van der Waals surface area contributed by atoms with Crippen LogP contribution in [0.2, 0.25) is 0 Å². The predicted octanol–water partition coefficient (Wildman–Crippen LogP) is 3.52. The number of hydrogen-bond acceptors (Lipinski definition) is 2. The second kappa shape index (κ2) is 6.70. The number of rotatable bonds is 4. The zero-order valence-corrected chi connectivity index (χ0v) is 12.1. The van der Waals surface area contributed by atoms with Gasteiger partial charge in [-0.05, 0) is 43.2 Å². The fraction of sp³-hybridized carbons (Fsp3) is 0.176. The Morgan fingerprint density at radius 1 is 1.05 bits per heavy atom. The molecule has 0 unspecified atom stereocenters. The molecule has 2 aromatic rings. The van der Waals surface area contributed by atoms with Crippen molar-refractivity contribution < 1.29 is 9.59 Å². The van der Waals surface area contributed by atoms with Gasteiger partial charge in [-0.25, -0.2) is 4.79 Å². The summed E-state index contributed by atoms with van der Waals surface area (Å²) >= 11 is 0. The number of anilines is 1. The Labute approximate surface area is 124 Å². The Balaban J connectivity index is 1.94. The highest BCUT2D eigenvalue weighted by molar-refractivity contribution is 5.96. The Hall–Kier alpha value is -2.62. The fourth-order valence-corrected chi connectivity index (χ4v) is 2.09. The van der Waals surface area contributed by atoms with Crippen molar-refractivity contribution in [3.05, 3.63) is 65.2 Å². The average molecular weight is 282 g/mol. The molecule has 0 saturated heterocycles. The van der Waals surface area contributed by atoms with Crippen LogP contribution in [0.5, 0.6) is 0 Å². The van der Waals surface area contributed by atoms with Crippen LogP contribution >= 0.6 is 0 Å². The van der Waals surface area contributed by atoms with Crippen LogP contribution < -0.4 is 10.6 Å². The zero-order chi connectivity index (χ0) is 15.2. The van der Waals surface area contributed by atoms with E-state index in [2.05, 4.69) is 10.6 Å². The molecule has 0 aliphatic carbocycles. The molecular weight excluding hydrogens is 264 g/mol. The third-order valence-corrected chi connectivity index (χ3v) is 3.16. The molecule has 2 rings (SSSR count). The summed E-state index contributed by atoms with van der Waals surface area (Å²) in [5.74, 6) is 0.0209. The van der Waals surface area contributed by atoms with Crippen molar-refractivity contribution in [2.75, 3.05) is 5.32 Å². The molecule has 0 fully saturated rings. The molecule has 0 aliphatic rings. The van der Waals surface area contributed by atoms with Gasteiger partial charge in [0.15, 0.2) is 5.78 Å². The Morgan fingerprint density at radius 3 is 2.38 bits per heavy atom. The third kappa shape index (κ3) is 4.18. The lowest BCUT2D eigenvalue weighted by Gasteiger charge is -2.09. The van der Waals surface area contributed by atoms with Crippen LogP contribution in [0.4, 0.5) is 10.5 Å². The molecule has 0 saturated carbocycles. The SMILES string of the molecule is CC(=O)c1ccc(NC(=O)NCc2ccccc2)cc1C. The summed E-state index contributed by atoms with van der Waals surface area (Å²) in [7, 11) is 0. The highest BCUT2D eigenvalue weighted by atomic mass is 16.2. The minimum absolute atomic E-state index is 0.0209. The van der Waals surface area contributed by atoms with Crippen molar-refractivity contribution in [2.45, 2.75) is 20.4 Å². The van der Waals surface area contributed by atoms with Gasteiger partial charge >= 0.3 is 6.03 Å². The number of amides is 2. The Morgan fingerprint density at radius 2 is 1.76 bits per heavy atom. The first kappa shape index (κ1) is 14.8. The molecule has 0 atom stereocenters. The van der Waals surface area contributed by atoms with E-state index in [9.17, 15) is 9.59 Å². The van der Waals surface area contributed by atoms with Gasteiger partial charge in [-0.15, -0.1) is 0 Å². The normalized spacial score (nSPS) is 10.0. The summed E-state index contributed by atoms with van der Waals surface area (Å²) in [6.45, 7) is 3.85. The van der Waals surface area contributed by atoms with Gasteiger partial charge in [-0.2, -0.15) is 0 Å². The summed E-state index contributed by atoms with van der Waals surface area (Å²) in [6, 6.07) is 14.7. The van der Waals surface area contributed by atoms with Gasteiger partial charge in [0.2, 0.25) is 0 Å². The maximum atomic E-state index is 11.8. The Kier molecular flexibility index (Phi) is 4.72. The maximum absolute atomic E-state index is 11.8. The quantitative estimate of drug-likeness (QED) is 0.843. The standard InChI is InChI=1S/C17H18N2O2/c1-12-10-15(8-9-16(12)13(2)20)19-17(21)18-11-14-6-4-3-5-7-14/h3-10H,11H2,1-2H3,(H2,18,19,21). The molecule has 0 aliphatic heterocycles. The van der Waals surface area contributed by atoms with Crippen molar-refractivity contribution in [1.82, 2.24) is 5.32 Å². The number of aryl methyl sites for hydroxylation is 1. The number of urea groups is 1. The molecule has 4 nitrogen and oxygen atoms in total. The van der Waals surface area contributed by atoms with Crippen LogP contribution in [0, 0.1) is 6.92 Å². The van der Waals surface area contributed by atoms with E-state index in [1.165, 1.54) is 6.92 Å². The highest BCUT2D eigenvalue weighted by Crippen LogP contribution is 2.15. The molecule has 0 heterocycles. The van der Waals surface area contributed by atoms with Crippen LogP contribution in [0.1, 0.15) is 28.4 Å². The maximum Gasteiger partial charge on any atom is 0.319 e. The molecule has 108 valence electrons. The second-order valence-corrected chi connectivity index (χ2v) is 4.88.